The van der Waals surface area contributed by atoms with E-state index in [0.717, 1.165) is 22.3 Å². The van der Waals surface area contributed by atoms with Crippen molar-refractivity contribution in [2.45, 2.75) is 66.2 Å². The summed E-state index contributed by atoms with van der Waals surface area (Å²) >= 11 is 0. The molecule has 0 aromatic heterocycles. The van der Waals surface area contributed by atoms with Crippen molar-refractivity contribution >= 4 is 0 Å². The summed E-state index contributed by atoms with van der Waals surface area (Å²) in [5.41, 5.74) is 8.08. The van der Waals surface area contributed by atoms with Crippen LogP contribution in [0.3, 0.4) is 0 Å². The minimum absolute atomic E-state index is 0.247. The zero-order valence-electron chi connectivity index (χ0n) is 21.3. The van der Waals surface area contributed by atoms with E-state index in [0.29, 0.717) is 11.5 Å². The molecule has 34 heavy (non-hydrogen) atoms. The Labute approximate surface area is 203 Å². The topological polar surface area (TPSA) is 66.0 Å². The Balaban J connectivity index is 2.06. The van der Waals surface area contributed by atoms with Gasteiger partial charge in [-0.3, -0.25) is 0 Å². The van der Waals surface area contributed by atoms with Gasteiger partial charge in [-0.05, 0) is 72.2 Å². The smallest absolute Gasteiger partial charge is 0.292 e. The molecule has 0 aliphatic rings. The summed E-state index contributed by atoms with van der Waals surface area (Å²) in [7, 11) is 0. The summed E-state index contributed by atoms with van der Waals surface area (Å²) in [4.78, 5) is 0. The Morgan fingerprint density at radius 2 is 0.882 bits per heavy atom. The molecule has 0 N–H and O–H groups in total. The van der Waals surface area contributed by atoms with E-state index in [-0.39, 0.29) is 10.8 Å². The number of hydrogen-bond acceptors (Lipinski definition) is 4. The van der Waals surface area contributed by atoms with Gasteiger partial charge >= 0.3 is 0 Å². The molecule has 0 radical (unpaired) electrons. The largest absolute Gasteiger partial charge is 0.387 e. The van der Waals surface area contributed by atoms with Crippen molar-refractivity contribution in [3.05, 3.63) is 93.0 Å². The van der Waals surface area contributed by atoms with Crippen LogP contribution in [0.4, 0.5) is 0 Å². The van der Waals surface area contributed by atoms with E-state index in [2.05, 4.69) is 76.2 Å². The van der Waals surface area contributed by atoms with Gasteiger partial charge in [0, 0.05) is 10.8 Å². The normalized spacial score (nSPS) is 11.5. The van der Waals surface area contributed by atoms with E-state index in [4.69, 9.17) is 20.0 Å². The molecule has 3 aromatic carbocycles. The first-order valence-corrected chi connectivity index (χ1v) is 11.4. The molecule has 3 rings (SSSR count). The quantitative estimate of drug-likeness (QED) is 0.368. The van der Waals surface area contributed by atoms with Crippen LogP contribution in [-0.2, 0) is 10.8 Å². The van der Waals surface area contributed by atoms with Gasteiger partial charge in [0.25, 0.3) is 12.5 Å². The fraction of sp³-hybridized carbons (Fsp3) is 0.333. The third kappa shape index (κ3) is 4.50. The van der Waals surface area contributed by atoms with Gasteiger partial charge in [0.2, 0.25) is 0 Å². The molecule has 0 atom stereocenters. The lowest BCUT2D eigenvalue weighted by Gasteiger charge is -2.32. The maximum absolute atomic E-state index is 8.96. The monoisotopic (exact) mass is 452 g/mol. The van der Waals surface area contributed by atoms with Gasteiger partial charge in [0.1, 0.15) is 11.5 Å². The molecule has 4 nitrogen and oxygen atoms in total. The van der Waals surface area contributed by atoms with E-state index in [1.807, 2.05) is 27.7 Å². The van der Waals surface area contributed by atoms with Crippen molar-refractivity contribution < 1.29 is 9.47 Å². The second-order valence-electron chi connectivity index (χ2n) is 10.1. The molecule has 4 heteroatoms. The van der Waals surface area contributed by atoms with Crippen molar-refractivity contribution in [1.82, 2.24) is 0 Å². The summed E-state index contributed by atoms with van der Waals surface area (Å²) < 4.78 is 10.4. The highest BCUT2D eigenvalue weighted by molar-refractivity contribution is 5.52. The lowest BCUT2D eigenvalue weighted by molar-refractivity contribution is 0.497. The summed E-state index contributed by atoms with van der Waals surface area (Å²) in [6.45, 7) is 16.8. The second kappa shape index (κ2) is 9.24. The van der Waals surface area contributed by atoms with Gasteiger partial charge in [-0.1, -0.05) is 76.2 Å². The number of hydrogen-bond donors (Lipinski definition) is 0. The van der Waals surface area contributed by atoms with Gasteiger partial charge in [-0.15, -0.1) is 10.5 Å². The predicted octanol–water partition coefficient (Wildman–Crippen LogP) is 7.29. The standard InChI is InChI=1S/C30H32N2O2/c1-19-12-25(13-20(2)27(19)33-17-31)29(5,6)23-10-9-11-24(16-23)30(7,8)26-14-21(3)28(34-18-32)22(4)15-26/h9-16H,1-8H3. The van der Waals surface area contributed by atoms with Gasteiger partial charge < -0.3 is 9.47 Å². The number of aryl methyl sites for hydroxylation is 4. The number of ether oxygens (including phenoxy) is 2. The Morgan fingerprint density at radius 3 is 1.18 bits per heavy atom. The SMILES string of the molecule is Cc1cc(C(C)(C)c2cccc(C(C)(C)c3cc(C)c(OC#N)c(C)c3)c2)cc(C)c1OC#N. The van der Waals surface area contributed by atoms with Gasteiger partial charge in [-0.25, -0.2) is 0 Å². The summed E-state index contributed by atoms with van der Waals surface area (Å²) in [5, 5.41) is 17.9. The summed E-state index contributed by atoms with van der Waals surface area (Å²) in [5.74, 6) is 1.26. The molecule has 0 unspecified atom stereocenters. The minimum Gasteiger partial charge on any atom is -0.387 e. The van der Waals surface area contributed by atoms with Crippen LogP contribution in [-0.4, -0.2) is 0 Å². The van der Waals surface area contributed by atoms with Gasteiger partial charge in [0.05, 0.1) is 0 Å². The van der Waals surface area contributed by atoms with Crippen LogP contribution in [0.2, 0.25) is 0 Å². The molecule has 0 aliphatic heterocycles. The maximum atomic E-state index is 8.96. The highest BCUT2D eigenvalue weighted by Crippen LogP contribution is 2.40. The molecular weight excluding hydrogens is 420 g/mol. The van der Waals surface area contributed by atoms with Crippen molar-refractivity contribution in [3.8, 4) is 24.0 Å². The van der Waals surface area contributed by atoms with Crippen LogP contribution >= 0.6 is 0 Å². The lowest BCUT2D eigenvalue weighted by Crippen LogP contribution is -2.23. The molecule has 0 saturated carbocycles. The number of nitrogens with zero attached hydrogens (tertiary/aromatic N) is 2. The van der Waals surface area contributed by atoms with Crippen molar-refractivity contribution in [1.29, 1.82) is 10.5 Å². The fourth-order valence-corrected chi connectivity index (χ4v) is 4.67. The van der Waals surface area contributed by atoms with Crippen LogP contribution < -0.4 is 9.47 Å². The summed E-state index contributed by atoms with van der Waals surface area (Å²) in [6.07, 6.45) is 3.58. The molecule has 0 amide bonds. The Bertz CT molecular complexity index is 1180. The van der Waals surface area contributed by atoms with E-state index in [1.54, 1.807) is 12.5 Å². The number of rotatable bonds is 6. The molecule has 0 aliphatic carbocycles. The first-order valence-electron chi connectivity index (χ1n) is 11.4. The molecule has 0 bridgehead atoms. The highest BCUT2D eigenvalue weighted by atomic mass is 16.5. The van der Waals surface area contributed by atoms with Crippen LogP contribution in [0.15, 0.2) is 48.5 Å². The zero-order valence-corrected chi connectivity index (χ0v) is 21.3. The second-order valence-corrected chi connectivity index (χ2v) is 10.1. The zero-order chi connectivity index (χ0) is 25.3. The third-order valence-corrected chi connectivity index (χ3v) is 6.97. The Morgan fingerprint density at radius 1 is 0.559 bits per heavy atom. The van der Waals surface area contributed by atoms with Crippen molar-refractivity contribution in [3.63, 3.8) is 0 Å². The van der Waals surface area contributed by atoms with E-state index in [9.17, 15) is 0 Å². The van der Waals surface area contributed by atoms with Crippen molar-refractivity contribution in [2.24, 2.45) is 0 Å². The lowest BCUT2D eigenvalue weighted by atomic mass is 9.72. The third-order valence-electron chi connectivity index (χ3n) is 6.97. The molecule has 174 valence electrons. The summed E-state index contributed by atoms with van der Waals surface area (Å²) in [6, 6.07) is 17.2. The van der Waals surface area contributed by atoms with E-state index >= 15 is 0 Å². The van der Waals surface area contributed by atoms with E-state index < -0.39 is 0 Å². The molecular formula is C30H32N2O2. The fourth-order valence-electron chi connectivity index (χ4n) is 4.67. The molecule has 0 heterocycles. The van der Waals surface area contributed by atoms with Crippen LogP contribution in [0.25, 0.3) is 0 Å². The average molecular weight is 453 g/mol. The average Bonchev–Trinajstić information content (AvgIpc) is 2.78. The molecule has 0 fully saturated rings. The van der Waals surface area contributed by atoms with Crippen LogP contribution in [0.5, 0.6) is 11.5 Å². The van der Waals surface area contributed by atoms with Crippen LogP contribution in [0.1, 0.15) is 72.2 Å². The Kier molecular flexibility index (Phi) is 6.76. The first kappa shape index (κ1) is 24.9. The number of benzene rings is 3. The molecule has 3 aromatic rings. The molecule has 0 spiro atoms. The molecule has 0 saturated heterocycles. The maximum Gasteiger partial charge on any atom is 0.292 e. The Hall–Kier alpha value is -3.76. The highest BCUT2D eigenvalue weighted by Gasteiger charge is 2.29. The first-order chi connectivity index (χ1) is 15.9. The van der Waals surface area contributed by atoms with Gasteiger partial charge in [0.15, 0.2) is 0 Å². The number of nitriles is 2. The van der Waals surface area contributed by atoms with E-state index in [1.165, 1.54) is 22.3 Å². The minimum atomic E-state index is -0.247. The predicted molar refractivity (Wildman–Crippen MR) is 135 cm³/mol. The van der Waals surface area contributed by atoms with Crippen LogP contribution in [0, 0.1) is 50.7 Å². The van der Waals surface area contributed by atoms with Gasteiger partial charge in [-0.2, -0.15) is 0 Å². The van der Waals surface area contributed by atoms with Crippen molar-refractivity contribution in [2.75, 3.05) is 0 Å².